The van der Waals surface area contributed by atoms with Gasteiger partial charge in [0.15, 0.2) is 17.1 Å². The van der Waals surface area contributed by atoms with Crippen molar-refractivity contribution in [3.05, 3.63) is 53.6 Å². The topological polar surface area (TPSA) is 128 Å². The number of amides is 1. The molecule has 1 aliphatic rings. The molecule has 1 amide bonds. The van der Waals surface area contributed by atoms with E-state index in [4.69, 9.17) is 25.2 Å². The first-order valence-corrected chi connectivity index (χ1v) is 13.2. The number of benzene rings is 2. The third-order valence-electron chi connectivity index (χ3n) is 5.95. The van der Waals surface area contributed by atoms with E-state index in [1.54, 1.807) is 6.07 Å². The molecule has 36 heavy (non-hydrogen) atoms. The van der Waals surface area contributed by atoms with E-state index in [1.165, 1.54) is 28.6 Å². The molecule has 10 nitrogen and oxygen atoms in total. The van der Waals surface area contributed by atoms with Crippen molar-refractivity contribution in [3.63, 3.8) is 0 Å². The number of hydrogen-bond acceptors (Lipinski definition) is 8. The number of nitrogens with zero attached hydrogens (tertiary/aromatic N) is 3. The smallest absolute Gasteiger partial charge is 0.322 e. The monoisotopic (exact) mass is 530 g/mol. The Morgan fingerprint density at radius 3 is 2.61 bits per heavy atom. The van der Waals surface area contributed by atoms with Crippen molar-refractivity contribution in [2.24, 2.45) is 5.92 Å². The van der Waals surface area contributed by atoms with Crippen LogP contribution in [0.3, 0.4) is 0 Å². The van der Waals surface area contributed by atoms with Crippen molar-refractivity contribution >= 4 is 44.5 Å². The molecule has 5 rings (SSSR count). The number of para-hydroxylation sites is 1. The predicted molar refractivity (Wildman–Crippen MR) is 132 cm³/mol. The summed E-state index contributed by atoms with van der Waals surface area (Å²) >= 11 is 5.86. The van der Waals surface area contributed by atoms with E-state index in [9.17, 15) is 13.2 Å². The highest BCUT2D eigenvalue weighted by Gasteiger charge is 2.32. The van der Waals surface area contributed by atoms with E-state index in [0.717, 1.165) is 5.39 Å². The highest BCUT2D eigenvalue weighted by Crippen LogP contribution is 2.33. The molecule has 3 heterocycles. The standard InChI is InChI=1S/C24H23ClN4O6S/c1-2-33-19-5-3-4-16-14-20(34-21(16)19)23-27-28-24(35-23)26-22(30)15-10-12-29(13-11-15)36(31,32)18-8-6-17(25)7-9-18/h3-9,14-15H,2,10-13H2,1H3,(H,26,28,30). The third kappa shape index (κ3) is 4.81. The zero-order valence-electron chi connectivity index (χ0n) is 19.3. The highest BCUT2D eigenvalue weighted by atomic mass is 35.5. The molecule has 0 bridgehead atoms. The van der Waals surface area contributed by atoms with Crippen molar-refractivity contribution in [1.29, 1.82) is 0 Å². The number of sulfonamides is 1. The second-order valence-electron chi connectivity index (χ2n) is 8.25. The van der Waals surface area contributed by atoms with Crippen LogP contribution in [-0.4, -0.2) is 48.5 Å². The minimum Gasteiger partial charge on any atom is -0.490 e. The summed E-state index contributed by atoms with van der Waals surface area (Å²) in [6, 6.07) is 13.3. The predicted octanol–water partition coefficient (Wildman–Crippen LogP) is 4.57. The fourth-order valence-electron chi connectivity index (χ4n) is 4.11. The van der Waals surface area contributed by atoms with E-state index in [1.807, 2.05) is 25.1 Å². The zero-order valence-corrected chi connectivity index (χ0v) is 20.9. The highest BCUT2D eigenvalue weighted by molar-refractivity contribution is 7.89. The number of aromatic nitrogens is 2. The number of carbonyl (C=O) groups is 1. The number of rotatable bonds is 7. The van der Waals surface area contributed by atoms with Gasteiger partial charge < -0.3 is 13.6 Å². The number of fused-ring (bicyclic) bond motifs is 1. The van der Waals surface area contributed by atoms with Gasteiger partial charge in [0.25, 0.3) is 5.89 Å². The maximum Gasteiger partial charge on any atom is 0.322 e. The molecule has 2 aromatic carbocycles. The van der Waals surface area contributed by atoms with Gasteiger partial charge in [0.2, 0.25) is 15.9 Å². The summed E-state index contributed by atoms with van der Waals surface area (Å²) < 4.78 is 44.1. The number of furan rings is 1. The van der Waals surface area contributed by atoms with Gasteiger partial charge >= 0.3 is 6.01 Å². The number of anilines is 1. The van der Waals surface area contributed by atoms with Gasteiger partial charge in [0, 0.05) is 29.4 Å². The van der Waals surface area contributed by atoms with Crippen LogP contribution in [0.5, 0.6) is 5.75 Å². The van der Waals surface area contributed by atoms with Crippen LogP contribution in [0.15, 0.2) is 62.3 Å². The van der Waals surface area contributed by atoms with Crippen molar-refractivity contribution in [2.45, 2.75) is 24.7 Å². The van der Waals surface area contributed by atoms with Crippen LogP contribution in [0.1, 0.15) is 19.8 Å². The molecule has 1 saturated heterocycles. The maximum atomic E-state index is 12.9. The van der Waals surface area contributed by atoms with Gasteiger partial charge in [-0.1, -0.05) is 28.8 Å². The van der Waals surface area contributed by atoms with Gasteiger partial charge in [-0.25, -0.2) is 8.42 Å². The molecule has 2 aromatic heterocycles. The molecule has 1 N–H and O–H groups in total. The SMILES string of the molecule is CCOc1cccc2cc(-c3nnc(NC(=O)C4CCN(S(=O)(=O)c5ccc(Cl)cc5)CC4)o3)oc12. The quantitative estimate of drug-likeness (QED) is 0.368. The van der Waals surface area contributed by atoms with Gasteiger partial charge in [-0.3, -0.25) is 10.1 Å². The first-order chi connectivity index (χ1) is 17.3. The first-order valence-electron chi connectivity index (χ1n) is 11.4. The Balaban J connectivity index is 1.22. The van der Waals surface area contributed by atoms with Gasteiger partial charge in [-0.15, -0.1) is 5.10 Å². The Bertz CT molecular complexity index is 1490. The number of ether oxygens (including phenoxy) is 1. The maximum absolute atomic E-state index is 12.9. The number of nitrogens with one attached hydrogen (secondary N) is 1. The molecule has 0 radical (unpaired) electrons. The van der Waals surface area contributed by atoms with Crippen LogP contribution >= 0.6 is 11.6 Å². The Morgan fingerprint density at radius 2 is 1.89 bits per heavy atom. The number of hydrogen-bond donors (Lipinski definition) is 1. The van der Waals surface area contributed by atoms with Gasteiger partial charge in [-0.2, -0.15) is 4.31 Å². The fourth-order valence-corrected chi connectivity index (χ4v) is 5.70. The Morgan fingerprint density at radius 1 is 1.14 bits per heavy atom. The van der Waals surface area contributed by atoms with Gasteiger partial charge in [0.1, 0.15) is 0 Å². The van der Waals surface area contributed by atoms with Crippen LogP contribution in [0.2, 0.25) is 5.02 Å². The summed E-state index contributed by atoms with van der Waals surface area (Å²) in [7, 11) is -3.65. The lowest BCUT2D eigenvalue weighted by molar-refractivity contribution is -0.121. The largest absolute Gasteiger partial charge is 0.490 e. The van der Waals surface area contributed by atoms with Crippen molar-refractivity contribution < 1.29 is 26.8 Å². The Labute approximate surface area is 212 Å². The van der Waals surface area contributed by atoms with Crippen LogP contribution in [0.25, 0.3) is 22.6 Å². The third-order valence-corrected chi connectivity index (χ3v) is 8.11. The molecule has 0 unspecified atom stereocenters. The average Bonchev–Trinajstić information content (AvgIpc) is 3.52. The normalized spacial score (nSPS) is 15.3. The number of halogens is 1. The van der Waals surface area contributed by atoms with E-state index in [2.05, 4.69) is 15.5 Å². The van der Waals surface area contributed by atoms with Crippen molar-refractivity contribution in [1.82, 2.24) is 14.5 Å². The van der Waals surface area contributed by atoms with E-state index < -0.39 is 15.9 Å². The van der Waals surface area contributed by atoms with Gasteiger partial charge in [-0.05, 0) is 56.2 Å². The lowest BCUT2D eigenvalue weighted by Gasteiger charge is -2.30. The summed E-state index contributed by atoms with van der Waals surface area (Å²) in [4.78, 5) is 12.9. The summed E-state index contributed by atoms with van der Waals surface area (Å²) in [5.74, 6) is 0.381. The molecular formula is C24H23ClN4O6S. The van der Waals surface area contributed by atoms with E-state index >= 15 is 0 Å². The van der Waals surface area contributed by atoms with Crippen LogP contribution in [0.4, 0.5) is 6.01 Å². The lowest BCUT2D eigenvalue weighted by atomic mass is 9.97. The first kappa shape index (κ1) is 24.3. The summed E-state index contributed by atoms with van der Waals surface area (Å²) in [6.45, 7) is 2.83. The second kappa shape index (κ2) is 9.92. The van der Waals surface area contributed by atoms with Crippen LogP contribution < -0.4 is 10.1 Å². The molecule has 4 aromatic rings. The zero-order chi connectivity index (χ0) is 25.3. The molecular weight excluding hydrogens is 508 g/mol. The molecule has 0 saturated carbocycles. The minimum absolute atomic E-state index is 0.0586. The molecule has 0 atom stereocenters. The van der Waals surface area contributed by atoms with Crippen molar-refractivity contribution in [2.75, 3.05) is 25.0 Å². The van der Waals surface area contributed by atoms with Crippen LogP contribution in [-0.2, 0) is 14.8 Å². The van der Waals surface area contributed by atoms with Gasteiger partial charge in [0.05, 0.1) is 11.5 Å². The molecule has 188 valence electrons. The Kier molecular flexibility index (Phi) is 6.69. The second-order valence-corrected chi connectivity index (χ2v) is 10.6. The fraction of sp³-hybridized carbons (Fsp3) is 0.292. The summed E-state index contributed by atoms with van der Waals surface area (Å²) in [6.07, 6.45) is 0.729. The number of carbonyl (C=O) groups excluding carboxylic acids is 1. The molecule has 12 heteroatoms. The molecule has 1 aliphatic heterocycles. The molecule has 1 fully saturated rings. The average molecular weight is 531 g/mol. The number of piperidine rings is 1. The van der Waals surface area contributed by atoms with E-state index in [-0.39, 0.29) is 35.8 Å². The van der Waals surface area contributed by atoms with Crippen molar-refractivity contribution in [3.8, 4) is 17.4 Å². The van der Waals surface area contributed by atoms with Crippen LogP contribution in [0, 0.1) is 5.92 Å². The summed E-state index contributed by atoms with van der Waals surface area (Å²) in [5, 5.41) is 11.8. The minimum atomic E-state index is -3.65. The summed E-state index contributed by atoms with van der Waals surface area (Å²) in [5.41, 5.74) is 0.568. The van der Waals surface area contributed by atoms with E-state index in [0.29, 0.717) is 41.6 Å². The molecule has 0 spiro atoms. The molecule has 0 aliphatic carbocycles. The Hall–Kier alpha value is -3.41. The lowest BCUT2D eigenvalue weighted by Crippen LogP contribution is -2.41.